The van der Waals surface area contributed by atoms with Gasteiger partial charge in [0.25, 0.3) is 5.91 Å². The number of hydrogen-bond donors (Lipinski definition) is 0. The zero-order chi connectivity index (χ0) is 20.9. The lowest BCUT2D eigenvalue weighted by molar-refractivity contribution is -0.134. The highest BCUT2D eigenvalue weighted by atomic mass is 19.1. The number of nitrogens with zero attached hydrogens (tertiary/aromatic N) is 3. The van der Waals surface area contributed by atoms with Crippen LogP contribution in [0.5, 0.6) is 11.5 Å². The van der Waals surface area contributed by atoms with E-state index in [1.807, 2.05) is 0 Å². The average Bonchev–Trinajstić information content (AvgIpc) is 3.29. The van der Waals surface area contributed by atoms with Crippen LogP contribution in [0.1, 0.15) is 24.7 Å². The fourth-order valence-corrected chi connectivity index (χ4v) is 3.40. The second kappa shape index (κ2) is 8.94. The first-order valence-electron chi connectivity index (χ1n) is 9.76. The number of aromatic nitrogens is 2. The van der Waals surface area contributed by atoms with Crippen LogP contribution in [0.2, 0.25) is 0 Å². The first-order chi connectivity index (χ1) is 14.6. The van der Waals surface area contributed by atoms with Crippen LogP contribution in [0.25, 0.3) is 11.4 Å². The highest BCUT2D eigenvalue weighted by Gasteiger charge is 2.27. The zero-order valence-electron chi connectivity index (χ0n) is 16.6. The minimum atomic E-state index is -0.310. The van der Waals surface area contributed by atoms with E-state index in [0.717, 1.165) is 18.6 Å². The SMILES string of the molecule is COc1ccc(OCC(=O)N2CCC(c3nc(-c4ccc(F)cc4)no3)CC2)cc1. The first-order valence-corrected chi connectivity index (χ1v) is 9.76. The molecular formula is C22H22FN3O4. The monoisotopic (exact) mass is 411 g/mol. The summed E-state index contributed by atoms with van der Waals surface area (Å²) in [6, 6.07) is 13.1. The molecule has 1 aliphatic heterocycles. The smallest absolute Gasteiger partial charge is 0.260 e. The highest BCUT2D eigenvalue weighted by molar-refractivity contribution is 5.77. The summed E-state index contributed by atoms with van der Waals surface area (Å²) in [7, 11) is 1.60. The number of carbonyl (C=O) groups is 1. The Morgan fingerprint density at radius 2 is 1.77 bits per heavy atom. The van der Waals surface area contributed by atoms with Crippen molar-refractivity contribution in [3.63, 3.8) is 0 Å². The number of carbonyl (C=O) groups excluding carboxylic acids is 1. The predicted octanol–water partition coefficient (Wildman–Crippen LogP) is 3.67. The lowest BCUT2D eigenvalue weighted by Crippen LogP contribution is -2.40. The van der Waals surface area contributed by atoms with E-state index in [1.165, 1.54) is 12.1 Å². The van der Waals surface area contributed by atoms with Gasteiger partial charge in [-0.1, -0.05) is 5.16 Å². The van der Waals surface area contributed by atoms with Crippen molar-refractivity contribution in [1.82, 2.24) is 15.0 Å². The van der Waals surface area contributed by atoms with Gasteiger partial charge in [0, 0.05) is 24.6 Å². The maximum atomic E-state index is 13.1. The molecule has 1 amide bonds. The summed E-state index contributed by atoms with van der Waals surface area (Å²) >= 11 is 0. The molecule has 0 bridgehead atoms. The van der Waals surface area contributed by atoms with Gasteiger partial charge in [-0.15, -0.1) is 0 Å². The Kier molecular flexibility index (Phi) is 5.92. The largest absolute Gasteiger partial charge is 0.497 e. The van der Waals surface area contributed by atoms with E-state index >= 15 is 0 Å². The summed E-state index contributed by atoms with van der Waals surface area (Å²) in [6.07, 6.45) is 1.47. The third-order valence-corrected chi connectivity index (χ3v) is 5.16. The first kappa shape index (κ1) is 19.9. The Hall–Kier alpha value is -3.42. The summed E-state index contributed by atoms with van der Waals surface area (Å²) in [6.45, 7) is 1.19. The molecule has 0 saturated carbocycles. The van der Waals surface area contributed by atoms with Gasteiger partial charge in [0.1, 0.15) is 17.3 Å². The molecule has 0 aliphatic carbocycles. The molecule has 30 heavy (non-hydrogen) atoms. The highest BCUT2D eigenvalue weighted by Crippen LogP contribution is 2.28. The number of likely N-dealkylation sites (tertiary alicyclic amines) is 1. The Bertz CT molecular complexity index is 980. The van der Waals surface area contributed by atoms with Gasteiger partial charge in [-0.05, 0) is 61.4 Å². The molecule has 1 aliphatic rings. The average molecular weight is 411 g/mol. The Morgan fingerprint density at radius 3 is 2.43 bits per heavy atom. The number of benzene rings is 2. The lowest BCUT2D eigenvalue weighted by Gasteiger charge is -2.30. The van der Waals surface area contributed by atoms with Gasteiger partial charge in [0.05, 0.1) is 7.11 Å². The van der Waals surface area contributed by atoms with Crippen LogP contribution in [0.3, 0.4) is 0 Å². The molecule has 156 valence electrons. The van der Waals surface area contributed by atoms with Gasteiger partial charge in [0.15, 0.2) is 6.61 Å². The van der Waals surface area contributed by atoms with Crippen molar-refractivity contribution >= 4 is 5.91 Å². The fourth-order valence-electron chi connectivity index (χ4n) is 3.40. The van der Waals surface area contributed by atoms with Gasteiger partial charge >= 0.3 is 0 Å². The van der Waals surface area contributed by atoms with Crippen molar-refractivity contribution in [3.8, 4) is 22.9 Å². The minimum absolute atomic E-state index is 0.00767. The van der Waals surface area contributed by atoms with Crippen LogP contribution < -0.4 is 9.47 Å². The molecule has 0 atom stereocenters. The van der Waals surface area contributed by atoms with E-state index < -0.39 is 0 Å². The minimum Gasteiger partial charge on any atom is -0.497 e. The second-order valence-corrected chi connectivity index (χ2v) is 7.08. The third-order valence-electron chi connectivity index (χ3n) is 5.16. The number of amides is 1. The second-order valence-electron chi connectivity index (χ2n) is 7.08. The van der Waals surface area contributed by atoms with Gasteiger partial charge in [-0.3, -0.25) is 4.79 Å². The number of ether oxygens (including phenoxy) is 2. The molecule has 0 N–H and O–H groups in total. The topological polar surface area (TPSA) is 77.7 Å². The van der Waals surface area contributed by atoms with Crippen LogP contribution in [-0.4, -0.2) is 47.8 Å². The van der Waals surface area contributed by atoms with E-state index in [0.29, 0.717) is 36.1 Å². The van der Waals surface area contributed by atoms with E-state index in [9.17, 15) is 9.18 Å². The van der Waals surface area contributed by atoms with Crippen molar-refractivity contribution in [1.29, 1.82) is 0 Å². The van der Waals surface area contributed by atoms with E-state index in [1.54, 1.807) is 48.4 Å². The number of hydrogen-bond acceptors (Lipinski definition) is 6. The number of halogens is 1. The van der Waals surface area contributed by atoms with Crippen molar-refractivity contribution in [2.24, 2.45) is 0 Å². The quantitative estimate of drug-likeness (QED) is 0.616. The molecule has 0 radical (unpaired) electrons. The Morgan fingerprint density at radius 1 is 1.10 bits per heavy atom. The van der Waals surface area contributed by atoms with Crippen LogP contribution in [0.4, 0.5) is 4.39 Å². The number of methoxy groups -OCH3 is 1. The summed E-state index contributed by atoms with van der Waals surface area (Å²) in [5, 5.41) is 4.00. The Labute approximate surface area is 173 Å². The van der Waals surface area contributed by atoms with Gasteiger partial charge in [-0.2, -0.15) is 4.98 Å². The van der Waals surface area contributed by atoms with Gasteiger partial charge in [-0.25, -0.2) is 4.39 Å². The molecule has 4 rings (SSSR count). The molecule has 0 unspecified atom stereocenters. The van der Waals surface area contributed by atoms with Crippen molar-refractivity contribution in [2.75, 3.05) is 26.8 Å². The Balaban J connectivity index is 1.28. The molecule has 2 aromatic carbocycles. The molecule has 1 fully saturated rings. The van der Waals surface area contributed by atoms with Crippen molar-refractivity contribution in [3.05, 3.63) is 60.2 Å². The fraction of sp³-hybridized carbons (Fsp3) is 0.318. The molecule has 8 heteroatoms. The number of rotatable bonds is 6. The molecule has 1 saturated heterocycles. The molecule has 3 aromatic rings. The molecule has 0 spiro atoms. The maximum absolute atomic E-state index is 13.1. The molecule has 7 nitrogen and oxygen atoms in total. The van der Waals surface area contributed by atoms with Crippen LogP contribution >= 0.6 is 0 Å². The van der Waals surface area contributed by atoms with Crippen LogP contribution in [0.15, 0.2) is 53.1 Å². The molecule has 1 aromatic heterocycles. The third kappa shape index (κ3) is 4.59. The molecule has 2 heterocycles. The normalized spacial score (nSPS) is 14.5. The molecular weight excluding hydrogens is 389 g/mol. The van der Waals surface area contributed by atoms with Gasteiger partial charge in [0.2, 0.25) is 11.7 Å². The van der Waals surface area contributed by atoms with Crippen LogP contribution in [-0.2, 0) is 4.79 Å². The van der Waals surface area contributed by atoms with E-state index in [4.69, 9.17) is 14.0 Å². The number of piperidine rings is 1. The van der Waals surface area contributed by atoms with E-state index in [-0.39, 0.29) is 24.2 Å². The van der Waals surface area contributed by atoms with Crippen LogP contribution in [0, 0.1) is 5.82 Å². The summed E-state index contributed by atoms with van der Waals surface area (Å²) in [5.74, 6) is 2.08. The summed E-state index contributed by atoms with van der Waals surface area (Å²) in [5.41, 5.74) is 0.703. The van der Waals surface area contributed by atoms with E-state index in [2.05, 4.69) is 10.1 Å². The lowest BCUT2D eigenvalue weighted by atomic mass is 9.97. The van der Waals surface area contributed by atoms with Gasteiger partial charge < -0.3 is 18.9 Å². The predicted molar refractivity (Wildman–Crippen MR) is 107 cm³/mol. The summed E-state index contributed by atoms with van der Waals surface area (Å²) < 4.78 is 29.2. The summed E-state index contributed by atoms with van der Waals surface area (Å²) in [4.78, 5) is 18.7. The maximum Gasteiger partial charge on any atom is 0.260 e. The standard InChI is InChI=1S/C22H22FN3O4/c1-28-18-6-8-19(9-7-18)29-14-20(27)26-12-10-16(11-13-26)22-24-21(25-30-22)15-2-4-17(23)5-3-15/h2-9,16H,10-14H2,1H3. The zero-order valence-corrected chi connectivity index (χ0v) is 16.6. The van der Waals surface area contributed by atoms with Crippen molar-refractivity contribution < 1.29 is 23.2 Å². The van der Waals surface area contributed by atoms with Crippen molar-refractivity contribution in [2.45, 2.75) is 18.8 Å².